The molecule has 0 aliphatic heterocycles. The van der Waals surface area contributed by atoms with E-state index in [1.165, 1.54) is 6.92 Å². The number of imide groups is 3. The molecule has 4 heteroatoms. The molecule has 3 amide bonds. The average Bonchev–Trinajstić information content (AvgIpc) is 2.48. The Bertz CT molecular complexity index is 584. The van der Waals surface area contributed by atoms with E-state index in [1.54, 1.807) is 60.7 Å². The van der Waals surface area contributed by atoms with E-state index in [9.17, 15) is 14.4 Å². The summed E-state index contributed by atoms with van der Waals surface area (Å²) in [5.41, 5.74) is 0.596. The third kappa shape index (κ3) is 2.80. The van der Waals surface area contributed by atoms with E-state index in [4.69, 9.17) is 0 Å². The fourth-order valence-electron chi connectivity index (χ4n) is 1.80. The van der Waals surface area contributed by atoms with E-state index in [0.29, 0.717) is 16.0 Å². The molecule has 0 fully saturated rings. The molecule has 0 saturated carbocycles. The molecule has 100 valence electrons. The SMILES string of the molecule is CC(=O)N(C(=O)c1ccccc1)C(=O)c1ccccc1. The molecule has 0 spiro atoms. The molecular weight excluding hydrogens is 254 g/mol. The lowest BCUT2D eigenvalue weighted by Gasteiger charge is -2.17. The topological polar surface area (TPSA) is 54.5 Å². The first-order chi connectivity index (χ1) is 9.61. The Morgan fingerprint density at radius 3 is 1.35 bits per heavy atom. The van der Waals surface area contributed by atoms with Crippen LogP contribution in [0.2, 0.25) is 0 Å². The Morgan fingerprint density at radius 2 is 1.05 bits per heavy atom. The minimum absolute atomic E-state index is 0.298. The lowest BCUT2D eigenvalue weighted by molar-refractivity contribution is -0.124. The quantitative estimate of drug-likeness (QED) is 0.786. The highest BCUT2D eigenvalue weighted by Crippen LogP contribution is 2.10. The molecule has 2 rings (SSSR count). The molecule has 2 aromatic carbocycles. The first-order valence-corrected chi connectivity index (χ1v) is 6.10. The van der Waals surface area contributed by atoms with Crippen LogP contribution in [0, 0.1) is 0 Å². The smallest absolute Gasteiger partial charge is 0.267 e. The van der Waals surface area contributed by atoms with Gasteiger partial charge in [-0.3, -0.25) is 14.4 Å². The van der Waals surface area contributed by atoms with Gasteiger partial charge in [0.25, 0.3) is 11.8 Å². The second-order valence-electron chi connectivity index (χ2n) is 4.20. The third-order valence-electron chi connectivity index (χ3n) is 2.76. The van der Waals surface area contributed by atoms with Crippen molar-refractivity contribution < 1.29 is 14.4 Å². The van der Waals surface area contributed by atoms with Crippen LogP contribution in [0.15, 0.2) is 60.7 Å². The maximum Gasteiger partial charge on any atom is 0.267 e. The van der Waals surface area contributed by atoms with Gasteiger partial charge in [-0.1, -0.05) is 36.4 Å². The Hall–Kier alpha value is -2.75. The highest BCUT2D eigenvalue weighted by molar-refractivity contribution is 6.20. The number of benzene rings is 2. The molecule has 0 saturated heterocycles. The zero-order valence-corrected chi connectivity index (χ0v) is 10.9. The van der Waals surface area contributed by atoms with Crippen LogP contribution in [0.25, 0.3) is 0 Å². The average molecular weight is 267 g/mol. The van der Waals surface area contributed by atoms with Crippen molar-refractivity contribution in [2.75, 3.05) is 0 Å². The van der Waals surface area contributed by atoms with E-state index < -0.39 is 17.7 Å². The maximum atomic E-state index is 12.3. The van der Waals surface area contributed by atoms with Gasteiger partial charge in [-0.05, 0) is 24.3 Å². The summed E-state index contributed by atoms with van der Waals surface area (Å²) < 4.78 is 0. The predicted molar refractivity (Wildman–Crippen MR) is 74.1 cm³/mol. The molecule has 20 heavy (non-hydrogen) atoms. The molecule has 0 aromatic heterocycles. The number of hydrogen-bond acceptors (Lipinski definition) is 3. The second-order valence-corrected chi connectivity index (χ2v) is 4.20. The summed E-state index contributed by atoms with van der Waals surface area (Å²) in [5, 5.41) is 0. The third-order valence-corrected chi connectivity index (χ3v) is 2.76. The molecule has 2 aromatic rings. The molecule has 0 heterocycles. The molecule has 0 N–H and O–H groups in total. The van der Waals surface area contributed by atoms with Crippen molar-refractivity contribution in [3.05, 3.63) is 71.8 Å². The van der Waals surface area contributed by atoms with Gasteiger partial charge in [-0.25, -0.2) is 4.90 Å². The van der Waals surface area contributed by atoms with Gasteiger partial charge in [0, 0.05) is 18.1 Å². The summed E-state index contributed by atoms with van der Waals surface area (Å²) >= 11 is 0. The van der Waals surface area contributed by atoms with E-state index in [0.717, 1.165) is 0 Å². The summed E-state index contributed by atoms with van der Waals surface area (Å²) in [4.78, 5) is 36.9. The summed E-state index contributed by atoms with van der Waals surface area (Å²) in [7, 11) is 0. The molecule has 0 unspecified atom stereocenters. The van der Waals surface area contributed by atoms with Crippen LogP contribution in [0.5, 0.6) is 0 Å². The largest absolute Gasteiger partial charge is 0.274 e. The molecule has 0 aliphatic carbocycles. The van der Waals surface area contributed by atoms with Crippen molar-refractivity contribution in [1.29, 1.82) is 0 Å². The van der Waals surface area contributed by atoms with Gasteiger partial charge in [0.1, 0.15) is 0 Å². The van der Waals surface area contributed by atoms with Crippen LogP contribution < -0.4 is 0 Å². The first kappa shape index (κ1) is 13.7. The van der Waals surface area contributed by atoms with Crippen molar-refractivity contribution in [2.24, 2.45) is 0 Å². The number of carbonyl (C=O) groups excluding carboxylic acids is 3. The van der Waals surface area contributed by atoms with Crippen molar-refractivity contribution in [3.63, 3.8) is 0 Å². The van der Waals surface area contributed by atoms with Gasteiger partial charge < -0.3 is 0 Å². The van der Waals surface area contributed by atoms with Crippen molar-refractivity contribution >= 4 is 17.7 Å². The van der Waals surface area contributed by atoms with Gasteiger partial charge >= 0.3 is 0 Å². The summed E-state index contributed by atoms with van der Waals surface area (Å²) in [6.07, 6.45) is 0. The van der Waals surface area contributed by atoms with Gasteiger partial charge in [0.2, 0.25) is 5.91 Å². The van der Waals surface area contributed by atoms with E-state index in [-0.39, 0.29) is 0 Å². The lowest BCUT2D eigenvalue weighted by atomic mass is 10.1. The fourth-order valence-corrected chi connectivity index (χ4v) is 1.80. The zero-order valence-electron chi connectivity index (χ0n) is 10.9. The van der Waals surface area contributed by atoms with Crippen molar-refractivity contribution in [3.8, 4) is 0 Å². The van der Waals surface area contributed by atoms with Gasteiger partial charge in [-0.15, -0.1) is 0 Å². The lowest BCUT2D eigenvalue weighted by Crippen LogP contribution is -2.40. The van der Waals surface area contributed by atoms with E-state index in [2.05, 4.69) is 0 Å². The second kappa shape index (κ2) is 5.93. The summed E-state index contributed by atoms with van der Waals surface area (Å²) in [6.45, 7) is 1.20. The molecule has 0 aliphatic rings. The number of nitrogens with zero attached hydrogens (tertiary/aromatic N) is 1. The number of rotatable bonds is 2. The molecule has 0 radical (unpaired) electrons. The zero-order chi connectivity index (χ0) is 14.5. The molecular formula is C16H13NO3. The summed E-state index contributed by atoms with van der Waals surface area (Å²) in [5.74, 6) is -1.84. The Kier molecular flexibility index (Phi) is 4.05. The highest BCUT2D eigenvalue weighted by Gasteiger charge is 2.27. The minimum Gasteiger partial charge on any atom is -0.274 e. The van der Waals surface area contributed by atoms with E-state index in [1.807, 2.05) is 0 Å². The highest BCUT2D eigenvalue weighted by atomic mass is 16.2. The first-order valence-electron chi connectivity index (χ1n) is 6.10. The predicted octanol–water partition coefficient (Wildman–Crippen LogP) is 2.52. The van der Waals surface area contributed by atoms with Crippen LogP contribution in [0.3, 0.4) is 0 Å². The van der Waals surface area contributed by atoms with Crippen molar-refractivity contribution in [1.82, 2.24) is 4.90 Å². The van der Waals surface area contributed by atoms with E-state index >= 15 is 0 Å². The van der Waals surface area contributed by atoms with Crippen LogP contribution in [-0.2, 0) is 4.79 Å². The van der Waals surface area contributed by atoms with Crippen LogP contribution in [-0.4, -0.2) is 22.6 Å². The Balaban J connectivity index is 2.36. The molecule has 0 atom stereocenters. The van der Waals surface area contributed by atoms with Crippen LogP contribution >= 0.6 is 0 Å². The number of carbonyl (C=O) groups is 3. The Morgan fingerprint density at radius 1 is 0.700 bits per heavy atom. The molecule has 0 bridgehead atoms. The van der Waals surface area contributed by atoms with Crippen molar-refractivity contribution in [2.45, 2.75) is 6.92 Å². The minimum atomic E-state index is -0.619. The van der Waals surface area contributed by atoms with Crippen LogP contribution in [0.1, 0.15) is 27.6 Å². The molecule has 4 nitrogen and oxygen atoms in total. The summed E-state index contributed by atoms with van der Waals surface area (Å²) in [6, 6.07) is 16.5. The van der Waals surface area contributed by atoms with Crippen LogP contribution in [0.4, 0.5) is 0 Å². The standard InChI is InChI=1S/C16H13NO3/c1-12(18)17(15(19)13-8-4-2-5-9-13)16(20)14-10-6-3-7-11-14/h2-11H,1H3. The number of amides is 3. The number of hydrogen-bond donors (Lipinski definition) is 0. The fraction of sp³-hybridized carbons (Fsp3) is 0.0625. The maximum absolute atomic E-state index is 12.3. The normalized spacial score (nSPS) is 9.85. The van der Waals surface area contributed by atoms with Gasteiger partial charge in [0.15, 0.2) is 0 Å². The van der Waals surface area contributed by atoms with Gasteiger partial charge in [0.05, 0.1) is 0 Å². The Labute approximate surface area is 116 Å². The van der Waals surface area contributed by atoms with Gasteiger partial charge in [-0.2, -0.15) is 0 Å². The monoisotopic (exact) mass is 267 g/mol.